The molecular formula is C14H12Br2N2O2. The molecule has 0 bridgehead atoms. The molecule has 4 N–H and O–H groups in total. The lowest BCUT2D eigenvalue weighted by Gasteiger charge is -2.12. The molecule has 0 spiro atoms. The van der Waals surface area contributed by atoms with Crippen LogP contribution in [0.4, 0.5) is 11.4 Å². The van der Waals surface area contributed by atoms with Crippen molar-refractivity contribution < 1.29 is 9.90 Å². The molecule has 20 heavy (non-hydrogen) atoms. The Balaban J connectivity index is 2.36. The number of aromatic hydroxyl groups is 1. The molecule has 4 nitrogen and oxygen atoms in total. The summed E-state index contributed by atoms with van der Waals surface area (Å²) in [5.41, 5.74) is 7.83. The number of phenolic OH excluding ortho intramolecular Hbond substituents is 1. The van der Waals surface area contributed by atoms with Crippen molar-refractivity contribution in [3.05, 3.63) is 50.4 Å². The van der Waals surface area contributed by atoms with Gasteiger partial charge in [0.25, 0.3) is 5.91 Å². The average molecular weight is 400 g/mol. The Morgan fingerprint density at radius 2 is 1.85 bits per heavy atom. The predicted octanol–water partition coefficient (Wildman–Crippen LogP) is 4.06. The zero-order valence-electron chi connectivity index (χ0n) is 10.6. The Bertz CT molecular complexity index is 664. The molecule has 0 unspecified atom stereocenters. The molecule has 0 fully saturated rings. The number of nitrogens with one attached hydrogen (secondary N) is 1. The van der Waals surface area contributed by atoms with Crippen LogP contribution in [0, 0.1) is 6.92 Å². The molecule has 0 saturated heterocycles. The summed E-state index contributed by atoms with van der Waals surface area (Å²) in [7, 11) is 0. The Kier molecular flexibility index (Phi) is 4.35. The average Bonchev–Trinajstić information content (AvgIpc) is 2.36. The number of hydrogen-bond acceptors (Lipinski definition) is 3. The van der Waals surface area contributed by atoms with Gasteiger partial charge in [0, 0.05) is 25.8 Å². The number of carbonyl (C=O) groups excluding carboxylic acids is 1. The highest BCUT2D eigenvalue weighted by molar-refractivity contribution is 9.11. The summed E-state index contributed by atoms with van der Waals surface area (Å²) in [6.07, 6.45) is 0. The Morgan fingerprint density at radius 1 is 1.25 bits per heavy atom. The lowest BCUT2D eigenvalue weighted by Crippen LogP contribution is -2.14. The third kappa shape index (κ3) is 2.96. The van der Waals surface area contributed by atoms with Crippen LogP contribution in [-0.4, -0.2) is 11.0 Å². The molecule has 0 heterocycles. The van der Waals surface area contributed by atoms with Crippen molar-refractivity contribution in [2.24, 2.45) is 0 Å². The summed E-state index contributed by atoms with van der Waals surface area (Å²) in [4.78, 5) is 12.3. The van der Waals surface area contributed by atoms with E-state index in [1.807, 2.05) is 0 Å². The second kappa shape index (κ2) is 5.85. The molecule has 2 aromatic carbocycles. The quantitative estimate of drug-likeness (QED) is 0.666. The van der Waals surface area contributed by atoms with Crippen LogP contribution in [0.2, 0.25) is 0 Å². The zero-order chi connectivity index (χ0) is 14.9. The number of hydrogen-bond donors (Lipinski definition) is 3. The van der Waals surface area contributed by atoms with Crippen LogP contribution < -0.4 is 11.1 Å². The minimum absolute atomic E-state index is 0.0908. The predicted molar refractivity (Wildman–Crippen MR) is 87.1 cm³/mol. The second-order valence-electron chi connectivity index (χ2n) is 4.26. The maximum absolute atomic E-state index is 12.3. The summed E-state index contributed by atoms with van der Waals surface area (Å²) in [5.74, 6) is -0.211. The number of anilines is 2. The fourth-order valence-corrected chi connectivity index (χ4v) is 3.18. The van der Waals surface area contributed by atoms with Crippen LogP contribution in [0.25, 0.3) is 0 Å². The van der Waals surface area contributed by atoms with Crippen molar-refractivity contribution in [3.63, 3.8) is 0 Å². The number of nitrogen functional groups attached to an aromatic ring is 1. The van der Waals surface area contributed by atoms with Gasteiger partial charge in [0.1, 0.15) is 5.75 Å². The van der Waals surface area contributed by atoms with Crippen LogP contribution >= 0.6 is 31.9 Å². The van der Waals surface area contributed by atoms with Crippen molar-refractivity contribution in [2.75, 3.05) is 11.1 Å². The normalized spacial score (nSPS) is 10.3. The minimum Gasteiger partial charge on any atom is -0.508 e. The molecule has 104 valence electrons. The van der Waals surface area contributed by atoms with E-state index in [4.69, 9.17) is 5.73 Å². The van der Waals surface area contributed by atoms with E-state index >= 15 is 0 Å². The summed E-state index contributed by atoms with van der Waals surface area (Å²) >= 11 is 6.72. The Hall–Kier alpha value is -1.53. The molecule has 0 atom stereocenters. The third-order valence-electron chi connectivity index (χ3n) is 2.85. The van der Waals surface area contributed by atoms with Crippen LogP contribution in [0.3, 0.4) is 0 Å². The van der Waals surface area contributed by atoms with Gasteiger partial charge in [-0.3, -0.25) is 4.79 Å². The van der Waals surface area contributed by atoms with Gasteiger partial charge in [0.15, 0.2) is 0 Å². The van der Waals surface area contributed by atoms with Gasteiger partial charge < -0.3 is 16.2 Å². The Labute approximate surface area is 133 Å². The number of nitrogens with two attached hydrogens (primary N) is 1. The molecule has 0 aliphatic rings. The fourth-order valence-electron chi connectivity index (χ4n) is 1.76. The highest BCUT2D eigenvalue weighted by Gasteiger charge is 2.15. The summed E-state index contributed by atoms with van der Waals surface area (Å²) in [6, 6.07) is 8.24. The molecule has 0 aromatic heterocycles. The number of carbonyl (C=O) groups is 1. The molecular weight excluding hydrogens is 388 g/mol. The molecule has 0 aliphatic heterocycles. The second-order valence-corrected chi connectivity index (χ2v) is 5.97. The van der Waals surface area contributed by atoms with Gasteiger partial charge in [-0.2, -0.15) is 0 Å². The molecule has 1 amide bonds. The number of benzene rings is 2. The maximum Gasteiger partial charge on any atom is 0.256 e. The van der Waals surface area contributed by atoms with Gasteiger partial charge in [-0.25, -0.2) is 0 Å². The summed E-state index contributed by atoms with van der Waals surface area (Å²) in [5, 5.41) is 12.4. The standard InChI is InChI=1S/C14H12Br2N2O2/c1-7-9(3-2-4-12(7)19)14(20)18-13-10(15)5-8(17)6-11(13)16/h2-6,19H,17H2,1H3,(H,18,20). The van der Waals surface area contributed by atoms with Crippen molar-refractivity contribution in [3.8, 4) is 5.75 Å². The van der Waals surface area contributed by atoms with Gasteiger partial charge in [0.2, 0.25) is 0 Å². The highest BCUT2D eigenvalue weighted by atomic mass is 79.9. The monoisotopic (exact) mass is 398 g/mol. The van der Waals surface area contributed by atoms with E-state index in [0.29, 0.717) is 31.4 Å². The topological polar surface area (TPSA) is 75.3 Å². The van der Waals surface area contributed by atoms with E-state index in [1.165, 1.54) is 0 Å². The van der Waals surface area contributed by atoms with Crippen molar-refractivity contribution in [1.82, 2.24) is 0 Å². The first-order chi connectivity index (χ1) is 9.40. The number of rotatable bonds is 2. The van der Waals surface area contributed by atoms with Crippen LogP contribution in [0.1, 0.15) is 15.9 Å². The first-order valence-electron chi connectivity index (χ1n) is 5.74. The SMILES string of the molecule is Cc1c(O)cccc1C(=O)Nc1c(Br)cc(N)cc1Br. The summed E-state index contributed by atoms with van der Waals surface area (Å²) in [6.45, 7) is 1.69. The fraction of sp³-hybridized carbons (Fsp3) is 0.0714. The molecule has 2 aromatic rings. The minimum atomic E-state index is -0.301. The lowest BCUT2D eigenvalue weighted by atomic mass is 10.1. The first kappa shape index (κ1) is 14.9. The van der Waals surface area contributed by atoms with Crippen molar-refractivity contribution in [2.45, 2.75) is 6.92 Å². The lowest BCUT2D eigenvalue weighted by molar-refractivity contribution is 0.102. The molecule has 6 heteroatoms. The smallest absolute Gasteiger partial charge is 0.256 e. The van der Waals surface area contributed by atoms with Crippen LogP contribution in [-0.2, 0) is 0 Å². The number of phenols is 1. The van der Waals surface area contributed by atoms with Crippen LogP contribution in [0.15, 0.2) is 39.3 Å². The first-order valence-corrected chi connectivity index (χ1v) is 7.33. The molecule has 0 saturated carbocycles. The highest BCUT2D eigenvalue weighted by Crippen LogP contribution is 2.34. The van der Waals surface area contributed by atoms with Crippen LogP contribution in [0.5, 0.6) is 5.75 Å². The van der Waals surface area contributed by atoms with E-state index in [1.54, 1.807) is 37.3 Å². The van der Waals surface area contributed by atoms with E-state index in [-0.39, 0.29) is 11.7 Å². The van der Waals surface area contributed by atoms with E-state index in [2.05, 4.69) is 37.2 Å². The maximum atomic E-state index is 12.3. The van der Waals surface area contributed by atoms with Gasteiger partial charge in [-0.15, -0.1) is 0 Å². The van der Waals surface area contributed by atoms with E-state index in [9.17, 15) is 9.90 Å². The van der Waals surface area contributed by atoms with Gasteiger partial charge in [-0.1, -0.05) is 6.07 Å². The number of amides is 1. The van der Waals surface area contributed by atoms with Crippen molar-refractivity contribution >= 4 is 49.1 Å². The zero-order valence-corrected chi connectivity index (χ0v) is 13.7. The molecule has 0 radical (unpaired) electrons. The van der Waals surface area contributed by atoms with Crippen molar-refractivity contribution in [1.29, 1.82) is 0 Å². The van der Waals surface area contributed by atoms with Gasteiger partial charge >= 0.3 is 0 Å². The number of halogens is 2. The third-order valence-corrected chi connectivity index (χ3v) is 4.10. The Morgan fingerprint density at radius 3 is 2.45 bits per heavy atom. The van der Waals surface area contributed by atoms with Gasteiger partial charge in [0.05, 0.1) is 5.69 Å². The largest absolute Gasteiger partial charge is 0.508 e. The molecule has 0 aliphatic carbocycles. The van der Waals surface area contributed by atoms with Gasteiger partial charge in [-0.05, 0) is 63.0 Å². The molecule has 2 rings (SSSR count). The van der Waals surface area contributed by atoms with E-state index in [0.717, 1.165) is 0 Å². The summed E-state index contributed by atoms with van der Waals surface area (Å²) < 4.78 is 1.35. The van der Waals surface area contributed by atoms with E-state index < -0.39 is 0 Å².